The van der Waals surface area contributed by atoms with Crippen LogP contribution in [-0.4, -0.2) is 0 Å². The molecule has 0 N–H and O–H groups in total. The summed E-state index contributed by atoms with van der Waals surface area (Å²) < 4.78 is 0. The zero-order valence-electron chi connectivity index (χ0n) is 17.9. The van der Waals surface area contributed by atoms with Crippen LogP contribution in [-0.2, 0) is 10.8 Å². The van der Waals surface area contributed by atoms with E-state index in [4.69, 9.17) is 0 Å². The molecular weight excluding hydrogens is 348 g/mol. The number of rotatable bonds is 0. The average molecular weight is 375 g/mol. The van der Waals surface area contributed by atoms with Gasteiger partial charge in [-0.05, 0) is 62.2 Å². The highest BCUT2D eigenvalue weighted by molar-refractivity contribution is 6.04. The smallest absolute Gasteiger partial charge is 0.0162 e. The van der Waals surface area contributed by atoms with Crippen LogP contribution in [0.25, 0.3) is 33.0 Å². The maximum Gasteiger partial charge on any atom is 0.0162 e. The lowest BCUT2D eigenvalue weighted by molar-refractivity contribution is 0.601. The molecule has 4 aromatic carbocycles. The van der Waals surface area contributed by atoms with E-state index in [0.29, 0.717) is 0 Å². The van der Waals surface area contributed by atoms with E-state index < -0.39 is 0 Å². The highest BCUT2D eigenvalue weighted by atomic mass is 14.5. The standard InChI is InChI=1S/C29H26/c1-17-10-12-20-21-13-14-22-25-19-9-7-6-8-18(19)11-15-23(25)28(2,3)27(22)26(21)29(4,5)24(20)16-17/h6-16H,1-5H3. The molecule has 0 nitrogen and oxygen atoms in total. The molecule has 0 heterocycles. The fourth-order valence-corrected chi connectivity index (χ4v) is 6.10. The normalized spacial score (nSPS) is 17.0. The Morgan fingerprint density at radius 2 is 1.24 bits per heavy atom. The highest BCUT2D eigenvalue weighted by Gasteiger charge is 2.45. The molecule has 0 spiro atoms. The Bertz CT molecular complexity index is 1350. The number of hydrogen-bond acceptors (Lipinski definition) is 0. The van der Waals surface area contributed by atoms with Crippen LogP contribution in [0.15, 0.2) is 66.7 Å². The third-order valence-corrected chi connectivity index (χ3v) is 7.47. The first-order valence-electron chi connectivity index (χ1n) is 10.6. The van der Waals surface area contributed by atoms with Gasteiger partial charge in [-0.2, -0.15) is 0 Å². The second kappa shape index (κ2) is 5.19. The van der Waals surface area contributed by atoms with Gasteiger partial charge in [0.15, 0.2) is 0 Å². The van der Waals surface area contributed by atoms with E-state index in [-0.39, 0.29) is 10.8 Å². The van der Waals surface area contributed by atoms with Crippen LogP contribution in [0.1, 0.15) is 55.5 Å². The molecule has 0 aliphatic heterocycles. The van der Waals surface area contributed by atoms with E-state index in [1.165, 1.54) is 60.8 Å². The number of hydrogen-bond donors (Lipinski definition) is 0. The van der Waals surface area contributed by atoms with Gasteiger partial charge in [0, 0.05) is 10.8 Å². The number of fused-ring (bicyclic) bond motifs is 9. The van der Waals surface area contributed by atoms with Crippen LogP contribution in [0, 0.1) is 6.92 Å². The van der Waals surface area contributed by atoms with E-state index in [0.717, 1.165) is 0 Å². The first-order chi connectivity index (χ1) is 13.8. The summed E-state index contributed by atoms with van der Waals surface area (Å²) in [6, 6.07) is 25.2. The van der Waals surface area contributed by atoms with Crippen LogP contribution >= 0.6 is 0 Å². The molecule has 0 fully saturated rings. The molecule has 0 saturated heterocycles. The molecule has 0 atom stereocenters. The lowest BCUT2D eigenvalue weighted by atomic mass is 9.72. The molecule has 0 amide bonds. The van der Waals surface area contributed by atoms with Crippen LogP contribution in [0.2, 0.25) is 0 Å². The largest absolute Gasteiger partial charge is 0.0616 e. The summed E-state index contributed by atoms with van der Waals surface area (Å²) in [5.74, 6) is 0. The van der Waals surface area contributed by atoms with Crippen molar-refractivity contribution in [3.05, 3.63) is 94.5 Å². The molecule has 0 unspecified atom stereocenters. The summed E-state index contributed by atoms with van der Waals surface area (Å²) in [7, 11) is 0. The predicted molar refractivity (Wildman–Crippen MR) is 124 cm³/mol. The molecule has 6 rings (SSSR count). The molecule has 2 aliphatic carbocycles. The molecule has 4 aromatic rings. The number of aryl methyl sites for hydroxylation is 1. The van der Waals surface area contributed by atoms with Gasteiger partial charge in [-0.3, -0.25) is 0 Å². The first-order valence-corrected chi connectivity index (χ1v) is 10.6. The Balaban J connectivity index is 1.76. The van der Waals surface area contributed by atoms with Crippen molar-refractivity contribution in [1.82, 2.24) is 0 Å². The topological polar surface area (TPSA) is 0 Å². The molecule has 0 heteroatoms. The minimum absolute atomic E-state index is 0.00556. The van der Waals surface area contributed by atoms with Crippen molar-refractivity contribution < 1.29 is 0 Å². The van der Waals surface area contributed by atoms with Gasteiger partial charge in [-0.1, -0.05) is 100.0 Å². The highest BCUT2D eigenvalue weighted by Crippen LogP contribution is 2.59. The van der Waals surface area contributed by atoms with Crippen molar-refractivity contribution >= 4 is 10.8 Å². The van der Waals surface area contributed by atoms with Gasteiger partial charge in [0.2, 0.25) is 0 Å². The predicted octanol–water partition coefficient (Wildman–Crippen LogP) is 7.76. The molecule has 0 bridgehead atoms. The van der Waals surface area contributed by atoms with Gasteiger partial charge < -0.3 is 0 Å². The zero-order chi connectivity index (χ0) is 20.1. The van der Waals surface area contributed by atoms with Gasteiger partial charge in [0.25, 0.3) is 0 Å². The van der Waals surface area contributed by atoms with E-state index in [1.54, 1.807) is 0 Å². The molecule has 142 valence electrons. The van der Waals surface area contributed by atoms with Crippen molar-refractivity contribution in [1.29, 1.82) is 0 Å². The van der Waals surface area contributed by atoms with Crippen LogP contribution < -0.4 is 0 Å². The quantitative estimate of drug-likeness (QED) is 0.295. The fraction of sp³-hybridized carbons (Fsp3) is 0.241. The van der Waals surface area contributed by atoms with Crippen LogP contribution in [0.4, 0.5) is 0 Å². The Morgan fingerprint density at radius 3 is 2.07 bits per heavy atom. The lowest BCUT2D eigenvalue weighted by Crippen LogP contribution is -2.24. The van der Waals surface area contributed by atoms with Crippen molar-refractivity contribution in [2.24, 2.45) is 0 Å². The average Bonchev–Trinajstić information content (AvgIpc) is 3.07. The fourth-order valence-electron chi connectivity index (χ4n) is 6.10. The Kier molecular flexibility index (Phi) is 3.05. The second-order valence-corrected chi connectivity index (χ2v) is 9.92. The molecule has 2 aliphatic rings. The van der Waals surface area contributed by atoms with E-state index in [2.05, 4.69) is 101 Å². The Hall–Kier alpha value is -2.86. The molecule has 29 heavy (non-hydrogen) atoms. The minimum Gasteiger partial charge on any atom is -0.0616 e. The van der Waals surface area contributed by atoms with Gasteiger partial charge >= 0.3 is 0 Å². The SMILES string of the molecule is Cc1ccc2c(c1)C(C)(C)c1c-2ccc2c1C(C)(C)c1ccc3ccccc3c1-2. The van der Waals surface area contributed by atoms with Gasteiger partial charge in [-0.15, -0.1) is 0 Å². The van der Waals surface area contributed by atoms with E-state index in [9.17, 15) is 0 Å². The maximum atomic E-state index is 2.41. The molecule has 0 aromatic heterocycles. The van der Waals surface area contributed by atoms with Gasteiger partial charge in [-0.25, -0.2) is 0 Å². The van der Waals surface area contributed by atoms with Gasteiger partial charge in [0.05, 0.1) is 0 Å². The Morgan fingerprint density at radius 1 is 0.586 bits per heavy atom. The molecule has 0 saturated carbocycles. The minimum atomic E-state index is -0.00556. The van der Waals surface area contributed by atoms with Gasteiger partial charge in [0.1, 0.15) is 0 Å². The molecule has 0 radical (unpaired) electrons. The number of benzene rings is 4. The summed E-state index contributed by atoms with van der Waals surface area (Å²) in [6.07, 6.45) is 0. The van der Waals surface area contributed by atoms with Crippen molar-refractivity contribution in [3.63, 3.8) is 0 Å². The van der Waals surface area contributed by atoms with Crippen molar-refractivity contribution in [3.8, 4) is 22.3 Å². The monoisotopic (exact) mass is 374 g/mol. The maximum absolute atomic E-state index is 2.41. The third kappa shape index (κ3) is 1.95. The summed E-state index contributed by atoms with van der Waals surface area (Å²) in [5, 5.41) is 2.70. The first kappa shape index (κ1) is 17.0. The zero-order valence-corrected chi connectivity index (χ0v) is 17.9. The van der Waals surface area contributed by atoms with Crippen molar-refractivity contribution in [2.45, 2.75) is 45.4 Å². The van der Waals surface area contributed by atoms with E-state index >= 15 is 0 Å². The Labute approximate surface area is 173 Å². The molecular formula is C29H26. The van der Waals surface area contributed by atoms with Crippen LogP contribution in [0.5, 0.6) is 0 Å². The summed E-state index contributed by atoms with van der Waals surface area (Å²) in [6.45, 7) is 11.9. The summed E-state index contributed by atoms with van der Waals surface area (Å²) >= 11 is 0. The summed E-state index contributed by atoms with van der Waals surface area (Å²) in [5.41, 5.74) is 13.0. The third-order valence-electron chi connectivity index (χ3n) is 7.47. The summed E-state index contributed by atoms with van der Waals surface area (Å²) in [4.78, 5) is 0. The van der Waals surface area contributed by atoms with Crippen molar-refractivity contribution in [2.75, 3.05) is 0 Å². The van der Waals surface area contributed by atoms with Crippen LogP contribution in [0.3, 0.4) is 0 Å². The van der Waals surface area contributed by atoms with E-state index in [1.807, 2.05) is 0 Å². The lowest BCUT2D eigenvalue weighted by Gasteiger charge is -2.30. The second-order valence-electron chi connectivity index (χ2n) is 9.92.